The molecule has 1 N–H and O–H groups in total. The summed E-state index contributed by atoms with van der Waals surface area (Å²) in [5.41, 5.74) is 2.01. The van der Waals surface area contributed by atoms with E-state index in [1.807, 2.05) is 13.0 Å². The zero-order chi connectivity index (χ0) is 15.9. The number of anilines is 1. The summed E-state index contributed by atoms with van der Waals surface area (Å²) in [4.78, 5) is 0.380. The minimum atomic E-state index is -3.15. The molecule has 0 spiro atoms. The van der Waals surface area contributed by atoms with E-state index in [1.165, 1.54) is 38.4 Å². The van der Waals surface area contributed by atoms with Crippen molar-refractivity contribution in [1.29, 1.82) is 0 Å². The summed E-state index contributed by atoms with van der Waals surface area (Å²) in [7, 11) is -3.15. The molecule has 0 saturated carbocycles. The van der Waals surface area contributed by atoms with Crippen LogP contribution in [0.25, 0.3) is 0 Å². The van der Waals surface area contributed by atoms with Crippen LogP contribution in [0.2, 0.25) is 0 Å². The first kappa shape index (κ1) is 18.0. The fourth-order valence-electron chi connectivity index (χ4n) is 2.38. The second-order valence-electron chi connectivity index (χ2n) is 6.00. The maximum absolute atomic E-state index is 11.6. The Morgan fingerprint density at radius 2 is 1.81 bits per heavy atom. The van der Waals surface area contributed by atoms with E-state index < -0.39 is 9.84 Å². The Hall–Kier alpha value is -1.03. The van der Waals surface area contributed by atoms with Gasteiger partial charge in [-0.2, -0.15) is 0 Å². The summed E-state index contributed by atoms with van der Waals surface area (Å²) >= 11 is 0. The molecule has 0 aliphatic carbocycles. The summed E-state index contributed by atoms with van der Waals surface area (Å²) < 4.78 is 23.3. The highest BCUT2D eigenvalue weighted by Crippen LogP contribution is 2.22. The number of nitrogens with one attached hydrogen (secondary N) is 1. The molecule has 1 aromatic rings. The number of rotatable bonds is 9. The van der Waals surface area contributed by atoms with Gasteiger partial charge in [0, 0.05) is 18.0 Å². The van der Waals surface area contributed by atoms with E-state index in [0.29, 0.717) is 10.9 Å². The van der Waals surface area contributed by atoms with Crippen LogP contribution in [-0.2, 0) is 9.84 Å². The molecule has 0 aromatic heterocycles. The molecule has 21 heavy (non-hydrogen) atoms. The lowest BCUT2D eigenvalue weighted by Crippen LogP contribution is -2.16. The van der Waals surface area contributed by atoms with Crippen molar-refractivity contribution in [3.63, 3.8) is 0 Å². The van der Waals surface area contributed by atoms with Crippen LogP contribution in [0.15, 0.2) is 23.1 Å². The summed E-state index contributed by atoms with van der Waals surface area (Å²) in [5, 5.41) is 3.45. The number of hydrogen-bond acceptors (Lipinski definition) is 3. The van der Waals surface area contributed by atoms with Gasteiger partial charge in [0.25, 0.3) is 0 Å². The van der Waals surface area contributed by atoms with Crippen LogP contribution in [-0.4, -0.2) is 20.7 Å². The summed E-state index contributed by atoms with van der Waals surface area (Å²) in [6.07, 6.45) is 8.76. The van der Waals surface area contributed by atoms with Gasteiger partial charge in [-0.25, -0.2) is 8.42 Å². The standard InChI is InChI=1S/C17H29NO2S/c1-5-6-7-8-9-10-15(3)18-17-13-16(21(4,19)20)12-11-14(17)2/h11-13,15,18H,5-10H2,1-4H3. The third kappa shape index (κ3) is 6.51. The van der Waals surface area contributed by atoms with Gasteiger partial charge in [0.05, 0.1) is 4.90 Å². The second kappa shape index (κ2) is 8.42. The summed E-state index contributed by atoms with van der Waals surface area (Å²) in [5.74, 6) is 0. The number of unbranched alkanes of at least 4 members (excludes halogenated alkanes) is 4. The van der Waals surface area contributed by atoms with Crippen molar-refractivity contribution < 1.29 is 8.42 Å². The molecule has 0 radical (unpaired) electrons. The van der Waals surface area contributed by atoms with Gasteiger partial charge in [-0.15, -0.1) is 0 Å². The van der Waals surface area contributed by atoms with Crippen LogP contribution in [0.5, 0.6) is 0 Å². The van der Waals surface area contributed by atoms with Crippen molar-refractivity contribution in [1.82, 2.24) is 0 Å². The van der Waals surface area contributed by atoms with E-state index in [2.05, 4.69) is 19.2 Å². The molecule has 3 nitrogen and oxygen atoms in total. The summed E-state index contributed by atoms with van der Waals surface area (Å²) in [6, 6.07) is 5.65. The highest BCUT2D eigenvalue weighted by atomic mass is 32.2. The van der Waals surface area contributed by atoms with Gasteiger partial charge in [0.1, 0.15) is 0 Å². The quantitative estimate of drug-likeness (QED) is 0.680. The predicted octanol–water partition coefficient (Wildman–Crippen LogP) is 4.56. The molecule has 120 valence electrons. The smallest absolute Gasteiger partial charge is 0.175 e. The molecule has 0 aliphatic rings. The number of aryl methyl sites for hydroxylation is 1. The molecule has 4 heteroatoms. The van der Waals surface area contributed by atoms with Crippen molar-refractivity contribution in [2.75, 3.05) is 11.6 Å². The van der Waals surface area contributed by atoms with Gasteiger partial charge < -0.3 is 5.32 Å². The lowest BCUT2D eigenvalue weighted by atomic mass is 10.1. The van der Waals surface area contributed by atoms with E-state index >= 15 is 0 Å². The number of benzene rings is 1. The Kier molecular flexibility index (Phi) is 7.23. The van der Waals surface area contributed by atoms with Crippen molar-refractivity contribution in [2.24, 2.45) is 0 Å². The molecule has 0 fully saturated rings. The average Bonchev–Trinajstić information content (AvgIpc) is 2.40. The first-order valence-electron chi connectivity index (χ1n) is 7.92. The number of hydrogen-bond donors (Lipinski definition) is 1. The SMILES string of the molecule is CCCCCCCC(C)Nc1cc(S(C)(=O)=O)ccc1C. The van der Waals surface area contributed by atoms with Crippen LogP contribution in [0, 0.1) is 6.92 Å². The van der Waals surface area contributed by atoms with Gasteiger partial charge >= 0.3 is 0 Å². The molecule has 1 rings (SSSR count). The van der Waals surface area contributed by atoms with Gasteiger partial charge in [-0.05, 0) is 38.0 Å². The van der Waals surface area contributed by atoms with Gasteiger partial charge in [-0.1, -0.05) is 45.1 Å². The zero-order valence-electron chi connectivity index (χ0n) is 13.8. The van der Waals surface area contributed by atoms with Crippen molar-refractivity contribution in [3.05, 3.63) is 23.8 Å². The van der Waals surface area contributed by atoms with E-state index in [0.717, 1.165) is 17.7 Å². The Balaban J connectivity index is 2.57. The monoisotopic (exact) mass is 311 g/mol. The topological polar surface area (TPSA) is 46.2 Å². The van der Waals surface area contributed by atoms with Crippen LogP contribution in [0.4, 0.5) is 5.69 Å². The first-order valence-corrected chi connectivity index (χ1v) is 9.81. The molecule has 0 amide bonds. The molecular weight excluding hydrogens is 282 g/mol. The van der Waals surface area contributed by atoms with Crippen LogP contribution < -0.4 is 5.32 Å². The average molecular weight is 311 g/mol. The molecule has 0 aliphatic heterocycles. The van der Waals surface area contributed by atoms with E-state index in [1.54, 1.807) is 12.1 Å². The van der Waals surface area contributed by atoms with E-state index in [9.17, 15) is 8.42 Å². The lowest BCUT2D eigenvalue weighted by molar-refractivity contribution is 0.578. The third-order valence-electron chi connectivity index (χ3n) is 3.78. The highest BCUT2D eigenvalue weighted by Gasteiger charge is 2.11. The molecule has 1 unspecified atom stereocenters. The Morgan fingerprint density at radius 3 is 2.43 bits per heavy atom. The third-order valence-corrected chi connectivity index (χ3v) is 4.89. The fraction of sp³-hybridized carbons (Fsp3) is 0.647. The maximum atomic E-state index is 11.6. The molecule has 1 aromatic carbocycles. The largest absolute Gasteiger partial charge is 0.382 e. The minimum Gasteiger partial charge on any atom is -0.382 e. The molecule has 0 bridgehead atoms. The summed E-state index contributed by atoms with van der Waals surface area (Å²) in [6.45, 7) is 6.39. The Morgan fingerprint density at radius 1 is 1.14 bits per heavy atom. The van der Waals surface area contributed by atoms with Crippen LogP contribution in [0.1, 0.15) is 57.9 Å². The number of sulfone groups is 1. The highest BCUT2D eigenvalue weighted by molar-refractivity contribution is 7.90. The Labute approximate surface area is 130 Å². The molecular formula is C17H29NO2S. The van der Waals surface area contributed by atoms with Crippen LogP contribution >= 0.6 is 0 Å². The van der Waals surface area contributed by atoms with E-state index in [-0.39, 0.29) is 0 Å². The van der Waals surface area contributed by atoms with Gasteiger partial charge in [0.15, 0.2) is 9.84 Å². The van der Waals surface area contributed by atoms with Crippen LogP contribution in [0.3, 0.4) is 0 Å². The molecule has 0 heterocycles. The second-order valence-corrected chi connectivity index (χ2v) is 8.01. The molecule has 0 saturated heterocycles. The van der Waals surface area contributed by atoms with Gasteiger partial charge in [-0.3, -0.25) is 0 Å². The predicted molar refractivity (Wildman–Crippen MR) is 90.7 cm³/mol. The maximum Gasteiger partial charge on any atom is 0.175 e. The lowest BCUT2D eigenvalue weighted by Gasteiger charge is -2.17. The zero-order valence-corrected chi connectivity index (χ0v) is 14.6. The van der Waals surface area contributed by atoms with Crippen molar-refractivity contribution in [2.45, 2.75) is 70.2 Å². The molecule has 1 atom stereocenters. The Bertz CT molecular complexity index is 538. The first-order chi connectivity index (χ1) is 9.84. The van der Waals surface area contributed by atoms with Crippen molar-refractivity contribution in [3.8, 4) is 0 Å². The fourth-order valence-corrected chi connectivity index (χ4v) is 3.03. The normalized spacial score (nSPS) is 13.1. The van der Waals surface area contributed by atoms with Crippen molar-refractivity contribution >= 4 is 15.5 Å². The van der Waals surface area contributed by atoms with E-state index in [4.69, 9.17) is 0 Å². The van der Waals surface area contributed by atoms with Gasteiger partial charge in [0.2, 0.25) is 0 Å². The minimum absolute atomic E-state index is 0.361.